The maximum atomic E-state index is 12.8. The number of fused-ring (bicyclic) bond motifs is 1. The zero-order valence-electron chi connectivity index (χ0n) is 15.7. The van der Waals surface area contributed by atoms with E-state index in [-0.39, 0.29) is 36.1 Å². The Balaban J connectivity index is 1.30. The molecule has 0 bridgehead atoms. The van der Waals surface area contributed by atoms with Gasteiger partial charge >= 0.3 is 12.1 Å². The van der Waals surface area contributed by atoms with Crippen molar-refractivity contribution in [3.63, 3.8) is 0 Å². The fourth-order valence-corrected chi connectivity index (χ4v) is 3.73. The molecular weight excluding hydrogens is 425 g/mol. The third kappa shape index (κ3) is 4.40. The molecule has 0 saturated carbocycles. The lowest BCUT2D eigenvalue weighted by atomic mass is 9.97. The quantitative estimate of drug-likeness (QED) is 0.652. The average Bonchev–Trinajstić information content (AvgIpc) is 3.19. The minimum absolute atomic E-state index is 0.0614. The maximum Gasteiger partial charge on any atom is 0.417 e. The normalized spacial score (nSPS) is 16.6. The van der Waals surface area contributed by atoms with E-state index in [1.165, 1.54) is 0 Å². The van der Waals surface area contributed by atoms with Gasteiger partial charge in [-0.15, -0.1) is 0 Å². The molecular formula is C20H18ClF3N2O4. The van der Waals surface area contributed by atoms with Crippen LogP contribution in [0.3, 0.4) is 0 Å². The van der Waals surface area contributed by atoms with Crippen LogP contribution in [0.5, 0.6) is 11.5 Å². The van der Waals surface area contributed by atoms with E-state index in [0.717, 1.165) is 17.8 Å². The zero-order chi connectivity index (χ0) is 21.3. The molecule has 1 fully saturated rings. The number of halogens is 4. The monoisotopic (exact) mass is 442 g/mol. The van der Waals surface area contributed by atoms with Gasteiger partial charge in [0.15, 0.2) is 11.5 Å². The van der Waals surface area contributed by atoms with Crippen molar-refractivity contribution in [2.45, 2.75) is 25.6 Å². The van der Waals surface area contributed by atoms with Crippen molar-refractivity contribution in [1.82, 2.24) is 4.98 Å². The minimum atomic E-state index is -4.50. The number of hydrogen-bond acceptors (Lipinski definition) is 6. The molecule has 2 aliphatic rings. The molecule has 0 spiro atoms. The lowest BCUT2D eigenvalue weighted by Crippen LogP contribution is -2.37. The Morgan fingerprint density at radius 3 is 2.63 bits per heavy atom. The van der Waals surface area contributed by atoms with Crippen LogP contribution in [0.15, 0.2) is 30.5 Å². The predicted octanol–water partition coefficient (Wildman–Crippen LogP) is 4.44. The SMILES string of the molecule is O=C(OCc1ccc2c(c1)OCO2)C1CCN(c2ncc(C(F)(F)F)cc2Cl)CC1. The number of carbonyl (C=O) groups is 1. The van der Waals surface area contributed by atoms with Crippen molar-refractivity contribution in [3.8, 4) is 11.5 Å². The van der Waals surface area contributed by atoms with Crippen LogP contribution in [0.2, 0.25) is 5.02 Å². The van der Waals surface area contributed by atoms with Gasteiger partial charge in [-0.05, 0) is 36.6 Å². The molecule has 0 unspecified atom stereocenters. The van der Waals surface area contributed by atoms with Gasteiger partial charge in [0.25, 0.3) is 0 Å². The van der Waals surface area contributed by atoms with E-state index in [1.54, 1.807) is 17.0 Å². The van der Waals surface area contributed by atoms with Crippen LogP contribution in [-0.2, 0) is 22.3 Å². The Kier molecular flexibility index (Phi) is 5.64. The largest absolute Gasteiger partial charge is 0.461 e. The van der Waals surface area contributed by atoms with Crippen LogP contribution in [0.4, 0.5) is 19.0 Å². The van der Waals surface area contributed by atoms with Crippen LogP contribution >= 0.6 is 11.6 Å². The molecule has 10 heteroatoms. The molecule has 0 atom stereocenters. The zero-order valence-corrected chi connectivity index (χ0v) is 16.5. The molecule has 4 rings (SSSR count). The molecule has 30 heavy (non-hydrogen) atoms. The second-order valence-corrected chi connectivity index (χ2v) is 7.49. The number of piperidine rings is 1. The molecule has 0 amide bonds. The molecule has 0 aliphatic carbocycles. The molecule has 1 saturated heterocycles. The number of aromatic nitrogens is 1. The number of pyridine rings is 1. The van der Waals surface area contributed by atoms with Gasteiger partial charge in [0.05, 0.1) is 16.5 Å². The number of hydrogen-bond donors (Lipinski definition) is 0. The smallest absolute Gasteiger partial charge is 0.417 e. The van der Waals surface area contributed by atoms with Gasteiger partial charge in [-0.2, -0.15) is 13.2 Å². The highest BCUT2D eigenvalue weighted by atomic mass is 35.5. The number of nitrogens with zero attached hydrogens (tertiary/aromatic N) is 2. The number of anilines is 1. The van der Waals surface area contributed by atoms with Gasteiger partial charge in [0.2, 0.25) is 6.79 Å². The summed E-state index contributed by atoms with van der Waals surface area (Å²) in [5.41, 5.74) is -0.0935. The lowest BCUT2D eigenvalue weighted by molar-refractivity contribution is -0.150. The summed E-state index contributed by atoms with van der Waals surface area (Å²) in [5.74, 6) is 0.977. The van der Waals surface area contributed by atoms with Gasteiger partial charge in [-0.25, -0.2) is 4.98 Å². The van der Waals surface area contributed by atoms with E-state index in [9.17, 15) is 18.0 Å². The topological polar surface area (TPSA) is 60.9 Å². The van der Waals surface area contributed by atoms with Crippen molar-refractivity contribution in [3.05, 3.63) is 46.6 Å². The highest BCUT2D eigenvalue weighted by molar-refractivity contribution is 6.33. The van der Waals surface area contributed by atoms with Gasteiger partial charge in [0.1, 0.15) is 12.4 Å². The Morgan fingerprint density at radius 2 is 1.93 bits per heavy atom. The standard InChI is InChI=1S/C20H18ClF3N2O4/c21-15-8-14(20(22,23)24)9-25-18(15)26-5-3-13(4-6-26)19(27)28-10-12-1-2-16-17(7-12)30-11-29-16/h1-2,7-9,13H,3-6,10-11H2. The molecule has 2 aromatic rings. The first-order chi connectivity index (χ1) is 14.3. The third-order valence-corrected chi connectivity index (χ3v) is 5.37. The third-order valence-electron chi connectivity index (χ3n) is 5.09. The van der Waals surface area contributed by atoms with Crippen LogP contribution in [-0.4, -0.2) is 30.8 Å². The van der Waals surface area contributed by atoms with Crippen molar-refractivity contribution in [1.29, 1.82) is 0 Å². The Hall–Kier alpha value is -2.68. The fourth-order valence-electron chi connectivity index (χ4n) is 3.45. The molecule has 6 nitrogen and oxygen atoms in total. The summed E-state index contributed by atoms with van der Waals surface area (Å²) in [7, 11) is 0. The molecule has 1 aromatic carbocycles. The molecule has 1 aromatic heterocycles. The van der Waals surface area contributed by atoms with Gasteiger partial charge in [0, 0.05) is 19.3 Å². The number of ether oxygens (including phenoxy) is 3. The summed E-state index contributed by atoms with van der Waals surface area (Å²) < 4.78 is 54.3. The van der Waals surface area contributed by atoms with E-state index >= 15 is 0 Å². The average molecular weight is 443 g/mol. The fraction of sp³-hybridized carbons (Fsp3) is 0.400. The number of alkyl halides is 3. The maximum absolute atomic E-state index is 12.8. The Morgan fingerprint density at radius 1 is 1.20 bits per heavy atom. The lowest BCUT2D eigenvalue weighted by Gasteiger charge is -2.32. The first-order valence-corrected chi connectivity index (χ1v) is 9.72. The summed E-state index contributed by atoms with van der Waals surface area (Å²) in [6.45, 7) is 1.20. The van der Waals surface area contributed by atoms with Crippen molar-refractivity contribution >= 4 is 23.4 Å². The summed E-state index contributed by atoms with van der Waals surface area (Å²) in [4.78, 5) is 18.1. The predicted molar refractivity (Wildman–Crippen MR) is 102 cm³/mol. The van der Waals surface area contributed by atoms with Crippen LogP contribution in [0.25, 0.3) is 0 Å². The van der Waals surface area contributed by atoms with E-state index in [2.05, 4.69) is 4.98 Å². The highest BCUT2D eigenvalue weighted by Gasteiger charge is 2.33. The number of esters is 1. The van der Waals surface area contributed by atoms with Gasteiger partial charge < -0.3 is 19.1 Å². The molecule has 0 N–H and O–H groups in total. The van der Waals surface area contributed by atoms with E-state index < -0.39 is 11.7 Å². The van der Waals surface area contributed by atoms with Crippen molar-refractivity contribution in [2.24, 2.45) is 5.92 Å². The van der Waals surface area contributed by atoms with E-state index in [1.807, 2.05) is 6.07 Å². The number of benzene rings is 1. The van der Waals surface area contributed by atoms with Gasteiger partial charge in [-0.1, -0.05) is 17.7 Å². The van der Waals surface area contributed by atoms with Crippen LogP contribution in [0, 0.1) is 5.92 Å². The summed E-state index contributed by atoms with van der Waals surface area (Å²) >= 11 is 6.01. The first kappa shape index (κ1) is 20.6. The summed E-state index contributed by atoms with van der Waals surface area (Å²) in [6, 6.07) is 6.22. The summed E-state index contributed by atoms with van der Waals surface area (Å²) in [6.07, 6.45) is -2.73. The minimum Gasteiger partial charge on any atom is -0.461 e. The van der Waals surface area contributed by atoms with Crippen LogP contribution in [0.1, 0.15) is 24.0 Å². The molecule has 160 valence electrons. The Bertz CT molecular complexity index is 946. The first-order valence-electron chi connectivity index (χ1n) is 9.34. The summed E-state index contributed by atoms with van der Waals surface area (Å²) in [5, 5.41) is -0.0614. The molecule has 0 radical (unpaired) electrons. The van der Waals surface area contributed by atoms with Crippen molar-refractivity contribution in [2.75, 3.05) is 24.8 Å². The molecule has 3 heterocycles. The highest BCUT2D eigenvalue weighted by Crippen LogP contribution is 2.35. The van der Waals surface area contributed by atoms with E-state index in [4.69, 9.17) is 25.8 Å². The van der Waals surface area contributed by atoms with Gasteiger partial charge in [-0.3, -0.25) is 4.79 Å². The number of rotatable bonds is 4. The van der Waals surface area contributed by atoms with Crippen LogP contribution < -0.4 is 14.4 Å². The van der Waals surface area contributed by atoms with E-state index in [0.29, 0.717) is 37.4 Å². The second-order valence-electron chi connectivity index (χ2n) is 7.08. The molecule has 2 aliphatic heterocycles. The second kappa shape index (κ2) is 8.22. The Labute approximate surface area is 175 Å². The number of carbonyl (C=O) groups excluding carboxylic acids is 1. The van der Waals surface area contributed by atoms with Crippen molar-refractivity contribution < 1.29 is 32.2 Å².